The zero-order valence-electron chi connectivity index (χ0n) is 17.0. The monoisotopic (exact) mass is 455 g/mol. The standard InChI is InChI=1S/C23H22ClN3O3S/c1-15-12-17-7-3-5-9-19(17)27(15)14-21(28)25-10-11-26-22(29)20(31-23(26)30)13-16-6-2-4-8-18(16)24/h2-9,13,15H,10-12,14H2,1H3,(H,25,28)/b20-13-. The van der Waals surface area contributed by atoms with Crippen molar-refractivity contribution in [3.8, 4) is 0 Å². The first-order chi connectivity index (χ1) is 14.9. The molecule has 1 unspecified atom stereocenters. The Bertz CT molecular complexity index is 1070. The average molecular weight is 456 g/mol. The SMILES string of the molecule is CC1Cc2ccccc2N1CC(=O)NCCN1C(=O)S/C(=C\c2ccccc2Cl)C1=O. The molecule has 2 aliphatic rings. The summed E-state index contributed by atoms with van der Waals surface area (Å²) in [5.74, 6) is -0.506. The Morgan fingerprint density at radius 3 is 2.74 bits per heavy atom. The smallest absolute Gasteiger partial charge is 0.293 e. The Balaban J connectivity index is 1.32. The van der Waals surface area contributed by atoms with Crippen molar-refractivity contribution in [3.63, 3.8) is 0 Å². The number of nitrogens with one attached hydrogen (secondary N) is 1. The number of nitrogens with zero attached hydrogens (tertiary/aromatic N) is 2. The lowest BCUT2D eigenvalue weighted by atomic mass is 10.1. The van der Waals surface area contributed by atoms with Crippen molar-refractivity contribution in [3.05, 3.63) is 69.6 Å². The highest BCUT2D eigenvalue weighted by Crippen LogP contribution is 2.33. The van der Waals surface area contributed by atoms with Crippen molar-refractivity contribution in [1.82, 2.24) is 10.2 Å². The van der Waals surface area contributed by atoms with Crippen molar-refractivity contribution in [2.45, 2.75) is 19.4 Å². The van der Waals surface area contributed by atoms with Gasteiger partial charge in [-0.15, -0.1) is 0 Å². The van der Waals surface area contributed by atoms with E-state index >= 15 is 0 Å². The predicted octanol–water partition coefficient (Wildman–Crippen LogP) is 3.94. The van der Waals surface area contributed by atoms with Crippen LogP contribution in [-0.2, 0) is 16.0 Å². The van der Waals surface area contributed by atoms with Gasteiger partial charge < -0.3 is 10.2 Å². The highest BCUT2D eigenvalue weighted by molar-refractivity contribution is 8.18. The molecule has 1 N–H and O–H groups in total. The van der Waals surface area contributed by atoms with Gasteiger partial charge in [-0.2, -0.15) is 0 Å². The number of amides is 3. The molecule has 160 valence electrons. The third-order valence-corrected chi connectivity index (χ3v) is 6.64. The van der Waals surface area contributed by atoms with Crippen LogP contribution in [0, 0.1) is 0 Å². The van der Waals surface area contributed by atoms with Gasteiger partial charge >= 0.3 is 0 Å². The predicted molar refractivity (Wildman–Crippen MR) is 124 cm³/mol. The number of para-hydroxylation sites is 1. The van der Waals surface area contributed by atoms with E-state index in [4.69, 9.17) is 11.6 Å². The van der Waals surface area contributed by atoms with Crippen LogP contribution in [0.4, 0.5) is 10.5 Å². The van der Waals surface area contributed by atoms with Crippen LogP contribution in [0.25, 0.3) is 6.08 Å². The third-order valence-electron chi connectivity index (χ3n) is 5.39. The molecule has 0 radical (unpaired) electrons. The minimum Gasteiger partial charge on any atom is -0.359 e. The molecular formula is C23H22ClN3O3S. The van der Waals surface area contributed by atoms with Gasteiger partial charge in [-0.25, -0.2) is 0 Å². The van der Waals surface area contributed by atoms with E-state index in [1.54, 1.807) is 24.3 Å². The average Bonchev–Trinajstić information content (AvgIpc) is 3.20. The lowest BCUT2D eigenvalue weighted by Gasteiger charge is -2.24. The molecule has 1 fully saturated rings. The number of halogens is 1. The van der Waals surface area contributed by atoms with Crippen LogP contribution in [0.1, 0.15) is 18.1 Å². The molecule has 31 heavy (non-hydrogen) atoms. The number of hydrogen-bond donors (Lipinski definition) is 1. The summed E-state index contributed by atoms with van der Waals surface area (Å²) in [5.41, 5.74) is 3.01. The van der Waals surface area contributed by atoms with Crippen molar-refractivity contribution in [1.29, 1.82) is 0 Å². The van der Waals surface area contributed by atoms with E-state index in [9.17, 15) is 14.4 Å². The van der Waals surface area contributed by atoms with E-state index in [0.717, 1.165) is 28.8 Å². The van der Waals surface area contributed by atoms with Crippen LogP contribution in [-0.4, -0.2) is 47.6 Å². The van der Waals surface area contributed by atoms with Gasteiger partial charge in [0.05, 0.1) is 11.4 Å². The fourth-order valence-corrected chi connectivity index (χ4v) is 4.86. The first kappa shape index (κ1) is 21.5. The first-order valence-corrected chi connectivity index (χ1v) is 11.2. The highest BCUT2D eigenvalue weighted by Gasteiger charge is 2.35. The second kappa shape index (κ2) is 9.16. The van der Waals surface area contributed by atoms with Crippen molar-refractivity contribution in [2.75, 3.05) is 24.5 Å². The summed E-state index contributed by atoms with van der Waals surface area (Å²) in [6, 6.07) is 15.5. The largest absolute Gasteiger partial charge is 0.359 e. The Morgan fingerprint density at radius 1 is 1.19 bits per heavy atom. The number of carbonyl (C=O) groups is 3. The fraction of sp³-hybridized carbons (Fsp3) is 0.261. The molecule has 8 heteroatoms. The molecule has 0 aromatic heterocycles. The number of thioether (sulfide) groups is 1. The van der Waals surface area contributed by atoms with E-state index in [1.165, 1.54) is 5.56 Å². The van der Waals surface area contributed by atoms with Crippen molar-refractivity contribution >= 4 is 52.2 Å². The van der Waals surface area contributed by atoms with Crippen molar-refractivity contribution in [2.24, 2.45) is 0 Å². The van der Waals surface area contributed by atoms with Crippen LogP contribution in [0.2, 0.25) is 5.02 Å². The van der Waals surface area contributed by atoms with Gasteiger partial charge in [-0.1, -0.05) is 48.0 Å². The van der Waals surface area contributed by atoms with Gasteiger partial charge in [-0.3, -0.25) is 19.3 Å². The second-order valence-corrected chi connectivity index (χ2v) is 8.91. The van der Waals surface area contributed by atoms with Gasteiger partial charge in [0.1, 0.15) is 0 Å². The van der Waals surface area contributed by atoms with Gasteiger partial charge in [0, 0.05) is 29.8 Å². The minimum absolute atomic E-state index is 0.127. The number of benzene rings is 2. The molecule has 2 aliphatic heterocycles. The van der Waals surface area contributed by atoms with Gasteiger partial charge in [0.15, 0.2) is 0 Å². The lowest BCUT2D eigenvalue weighted by Crippen LogP contribution is -2.43. The summed E-state index contributed by atoms with van der Waals surface area (Å²) in [6.07, 6.45) is 2.54. The number of imide groups is 1. The second-order valence-electron chi connectivity index (χ2n) is 7.51. The highest BCUT2D eigenvalue weighted by atomic mass is 35.5. The Hall–Kier alpha value is -2.77. The van der Waals surface area contributed by atoms with Crippen molar-refractivity contribution < 1.29 is 14.4 Å². The summed E-state index contributed by atoms with van der Waals surface area (Å²) < 4.78 is 0. The summed E-state index contributed by atoms with van der Waals surface area (Å²) >= 11 is 7.02. The van der Waals surface area contributed by atoms with E-state index in [1.807, 2.05) is 24.3 Å². The lowest BCUT2D eigenvalue weighted by molar-refractivity contribution is -0.124. The Labute approximate surface area is 190 Å². The third kappa shape index (κ3) is 4.62. The molecule has 0 saturated carbocycles. The quantitative estimate of drug-likeness (QED) is 0.668. The Morgan fingerprint density at radius 2 is 1.94 bits per heavy atom. The molecule has 3 amide bonds. The molecule has 0 aliphatic carbocycles. The maximum atomic E-state index is 12.6. The summed E-state index contributed by atoms with van der Waals surface area (Å²) in [4.78, 5) is 40.9. The molecule has 0 bridgehead atoms. The van der Waals surface area contributed by atoms with Crippen LogP contribution in [0.15, 0.2) is 53.4 Å². The maximum Gasteiger partial charge on any atom is 0.293 e. The number of anilines is 1. The van der Waals surface area contributed by atoms with E-state index in [2.05, 4.69) is 23.2 Å². The maximum absolute atomic E-state index is 12.6. The van der Waals surface area contributed by atoms with Crippen LogP contribution in [0.3, 0.4) is 0 Å². The molecule has 0 spiro atoms. The minimum atomic E-state index is -0.369. The zero-order valence-corrected chi connectivity index (χ0v) is 18.6. The molecule has 2 aromatic carbocycles. The van der Waals surface area contributed by atoms with Crippen LogP contribution >= 0.6 is 23.4 Å². The number of hydrogen-bond acceptors (Lipinski definition) is 5. The molecular weight excluding hydrogens is 434 g/mol. The van der Waals surface area contributed by atoms with Gasteiger partial charge in [0.2, 0.25) is 5.91 Å². The number of carbonyl (C=O) groups excluding carboxylic acids is 3. The summed E-state index contributed by atoms with van der Waals surface area (Å²) in [5, 5.41) is 2.99. The molecule has 1 atom stereocenters. The Kier molecular flexibility index (Phi) is 6.34. The number of rotatable bonds is 6. The molecule has 6 nitrogen and oxygen atoms in total. The molecule has 4 rings (SSSR count). The fourth-order valence-electron chi connectivity index (χ4n) is 3.81. The topological polar surface area (TPSA) is 69.7 Å². The van der Waals surface area contributed by atoms with E-state index in [-0.39, 0.29) is 42.7 Å². The van der Waals surface area contributed by atoms with E-state index in [0.29, 0.717) is 15.5 Å². The molecule has 2 heterocycles. The van der Waals surface area contributed by atoms with Crippen LogP contribution in [0.5, 0.6) is 0 Å². The summed E-state index contributed by atoms with van der Waals surface area (Å²) in [6.45, 7) is 2.67. The zero-order chi connectivity index (χ0) is 22.0. The molecule has 2 aromatic rings. The van der Waals surface area contributed by atoms with Crippen LogP contribution < -0.4 is 10.2 Å². The normalized spacial score (nSPS) is 19.3. The first-order valence-electron chi connectivity index (χ1n) is 10.0. The van der Waals surface area contributed by atoms with Gasteiger partial charge in [-0.05, 0) is 54.4 Å². The number of fused-ring (bicyclic) bond motifs is 1. The summed E-state index contributed by atoms with van der Waals surface area (Å²) in [7, 11) is 0. The van der Waals surface area contributed by atoms with Gasteiger partial charge in [0.25, 0.3) is 11.1 Å². The molecule has 1 saturated heterocycles. The van der Waals surface area contributed by atoms with E-state index < -0.39 is 0 Å².